The van der Waals surface area contributed by atoms with Crippen molar-refractivity contribution in [2.45, 2.75) is 51.7 Å². The summed E-state index contributed by atoms with van der Waals surface area (Å²) in [6.07, 6.45) is 4.97. The largest absolute Gasteiger partial charge is 0.490 e. The molecule has 1 saturated carbocycles. The van der Waals surface area contributed by atoms with E-state index in [-0.39, 0.29) is 0 Å². The predicted molar refractivity (Wildman–Crippen MR) is 71.6 cm³/mol. The molecule has 1 aliphatic carbocycles. The lowest BCUT2D eigenvalue weighted by atomic mass is 9.89. The van der Waals surface area contributed by atoms with E-state index in [1.54, 1.807) is 0 Å². The second kappa shape index (κ2) is 6.06. The number of aryl methyl sites for hydroxylation is 1. The molecule has 0 aliphatic heterocycles. The monoisotopic (exact) mass is 233 g/mol. The summed E-state index contributed by atoms with van der Waals surface area (Å²) < 4.78 is 6.04. The van der Waals surface area contributed by atoms with Gasteiger partial charge in [0, 0.05) is 6.04 Å². The van der Waals surface area contributed by atoms with E-state index in [4.69, 9.17) is 4.74 Å². The maximum Gasteiger partial charge on any atom is 0.122 e. The van der Waals surface area contributed by atoms with Crippen LogP contribution in [0.5, 0.6) is 5.75 Å². The summed E-state index contributed by atoms with van der Waals surface area (Å²) in [5.74, 6) is 1.08. The lowest BCUT2D eigenvalue weighted by molar-refractivity contribution is 0.0843. The summed E-state index contributed by atoms with van der Waals surface area (Å²) in [4.78, 5) is 0. The van der Waals surface area contributed by atoms with Gasteiger partial charge in [-0.1, -0.05) is 32.0 Å². The van der Waals surface area contributed by atoms with Crippen LogP contribution >= 0.6 is 0 Å². The van der Waals surface area contributed by atoms with Gasteiger partial charge in [-0.05, 0) is 43.9 Å². The second-order valence-electron chi connectivity index (χ2n) is 4.82. The van der Waals surface area contributed by atoms with Gasteiger partial charge in [-0.25, -0.2) is 0 Å². The first-order valence-corrected chi connectivity index (χ1v) is 6.81. The van der Waals surface area contributed by atoms with E-state index >= 15 is 0 Å². The van der Waals surface area contributed by atoms with E-state index in [0.29, 0.717) is 12.1 Å². The van der Waals surface area contributed by atoms with Gasteiger partial charge in [-0.2, -0.15) is 0 Å². The molecule has 1 aromatic rings. The third-order valence-electron chi connectivity index (χ3n) is 3.42. The van der Waals surface area contributed by atoms with Gasteiger partial charge in [-0.15, -0.1) is 0 Å². The maximum atomic E-state index is 6.04. The first-order valence-electron chi connectivity index (χ1n) is 6.81. The molecule has 1 N–H and O–H groups in total. The van der Waals surface area contributed by atoms with Crippen LogP contribution in [0.4, 0.5) is 0 Å². The van der Waals surface area contributed by atoms with E-state index in [1.165, 1.54) is 12.0 Å². The minimum Gasteiger partial charge on any atom is -0.490 e. The van der Waals surface area contributed by atoms with Gasteiger partial charge in [0.05, 0.1) is 0 Å². The minimum atomic E-state index is 0.414. The smallest absolute Gasteiger partial charge is 0.122 e. The van der Waals surface area contributed by atoms with Crippen LogP contribution < -0.4 is 10.1 Å². The lowest BCUT2D eigenvalue weighted by Crippen LogP contribution is -2.47. The van der Waals surface area contributed by atoms with Gasteiger partial charge < -0.3 is 10.1 Å². The number of benzene rings is 1. The molecule has 0 bridgehead atoms. The summed E-state index contributed by atoms with van der Waals surface area (Å²) in [5, 5.41) is 3.53. The Labute approximate surface area is 104 Å². The average Bonchev–Trinajstić information content (AvgIpc) is 2.32. The fraction of sp³-hybridized carbons (Fsp3) is 0.600. The quantitative estimate of drug-likeness (QED) is 0.815. The number of hydrogen-bond donors (Lipinski definition) is 1. The molecule has 0 atom stereocenters. The molecule has 2 nitrogen and oxygen atoms in total. The zero-order valence-corrected chi connectivity index (χ0v) is 10.9. The van der Waals surface area contributed by atoms with Crippen LogP contribution in [0.3, 0.4) is 0 Å². The van der Waals surface area contributed by atoms with Crippen molar-refractivity contribution in [1.82, 2.24) is 5.32 Å². The molecule has 0 unspecified atom stereocenters. The SMILES string of the molecule is CCCNC1CC(Oc2ccccc2CC)C1. The molecule has 0 saturated heterocycles. The number of para-hydroxylation sites is 1. The van der Waals surface area contributed by atoms with Crippen LogP contribution in [0.15, 0.2) is 24.3 Å². The van der Waals surface area contributed by atoms with E-state index in [1.807, 2.05) is 0 Å². The lowest BCUT2D eigenvalue weighted by Gasteiger charge is -2.36. The Bertz CT molecular complexity index is 345. The van der Waals surface area contributed by atoms with E-state index in [2.05, 4.69) is 43.4 Å². The van der Waals surface area contributed by atoms with E-state index in [9.17, 15) is 0 Å². The summed E-state index contributed by atoms with van der Waals surface area (Å²) in [7, 11) is 0. The molecular weight excluding hydrogens is 210 g/mol. The van der Waals surface area contributed by atoms with Crippen LogP contribution in [0.1, 0.15) is 38.7 Å². The number of rotatable bonds is 6. The van der Waals surface area contributed by atoms with Crippen molar-refractivity contribution in [2.75, 3.05) is 6.54 Å². The van der Waals surface area contributed by atoms with Crippen molar-refractivity contribution in [1.29, 1.82) is 0 Å². The third kappa shape index (κ3) is 3.22. The van der Waals surface area contributed by atoms with Gasteiger partial charge in [0.1, 0.15) is 11.9 Å². The number of hydrogen-bond acceptors (Lipinski definition) is 2. The Kier molecular flexibility index (Phi) is 4.43. The highest BCUT2D eigenvalue weighted by atomic mass is 16.5. The Morgan fingerprint density at radius 2 is 2.00 bits per heavy atom. The Hall–Kier alpha value is -1.02. The van der Waals surface area contributed by atoms with Crippen molar-refractivity contribution in [3.05, 3.63) is 29.8 Å². The van der Waals surface area contributed by atoms with E-state index in [0.717, 1.165) is 31.6 Å². The third-order valence-corrected chi connectivity index (χ3v) is 3.42. The number of ether oxygens (including phenoxy) is 1. The van der Waals surface area contributed by atoms with Crippen LogP contribution in [-0.2, 0) is 6.42 Å². The Morgan fingerprint density at radius 3 is 2.71 bits per heavy atom. The molecule has 2 rings (SSSR count). The van der Waals surface area contributed by atoms with Gasteiger partial charge in [0.25, 0.3) is 0 Å². The average molecular weight is 233 g/mol. The van der Waals surface area contributed by atoms with Crippen LogP contribution in [0.2, 0.25) is 0 Å². The van der Waals surface area contributed by atoms with Crippen molar-refractivity contribution < 1.29 is 4.74 Å². The highest BCUT2D eigenvalue weighted by Gasteiger charge is 2.30. The summed E-state index contributed by atoms with van der Waals surface area (Å²) in [6, 6.07) is 9.05. The Morgan fingerprint density at radius 1 is 1.24 bits per heavy atom. The molecule has 0 radical (unpaired) electrons. The van der Waals surface area contributed by atoms with Gasteiger partial charge >= 0.3 is 0 Å². The van der Waals surface area contributed by atoms with Gasteiger partial charge in [-0.3, -0.25) is 0 Å². The van der Waals surface area contributed by atoms with Crippen LogP contribution in [0.25, 0.3) is 0 Å². The van der Waals surface area contributed by atoms with Crippen molar-refractivity contribution >= 4 is 0 Å². The van der Waals surface area contributed by atoms with Crippen molar-refractivity contribution in [2.24, 2.45) is 0 Å². The highest BCUT2D eigenvalue weighted by Crippen LogP contribution is 2.28. The molecule has 17 heavy (non-hydrogen) atoms. The molecule has 0 amide bonds. The highest BCUT2D eigenvalue weighted by molar-refractivity contribution is 5.33. The van der Waals surface area contributed by atoms with Crippen molar-refractivity contribution in [3.63, 3.8) is 0 Å². The topological polar surface area (TPSA) is 21.3 Å². The standard InChI is InChI=1S/C15H23NO/c1-3-9-16-13-10-14(11-13)17-15-8-6-5-7-12(15)4-2/h5-8,13-14,16H,3-4,9-11H2,1-2H3. The number of nitrogens with one attached hydrogen (secondary N) is 1. The molecule has 0 heterocycles. The minimum absolute atomic E-state index is 0.414. The van der Waals surface area contributed by atoms with Gasteiger partial charge in [0.2, 0.25) is 0 Å². The molecule has 94 valence electrons. The molecule has 2 heteroatoms. The molecule has 1 aromatic carbocycles. The fourth-order valence-electron chi connectivity index (χ4n) is 2.27. The molecule has 1 aliphatic rings. The maximum absolute atomic E-state index is 6.04. The zero-order valence-electron chi connectivity index (χ0n) is 10.9. The molecular formula is C15H23NO. The summed E-state index contributed by atoms with van der Waals surface area (Å²) in [5.41, 5.74) is 1.32. The first kappa shape index (κ1) is 12.4. The molecule has 0 spiro atoms. The van der Waals surface area contributed by atoms with Gasteiger partial charge in [0.15, 0.2) is 0 Å². The normalized spacial score (nSPS) is 23.2. The Balaban J connectivity index is 1.79. The molecule has 0 aromatic heterocycles. The predicted octanol–water partition coefficient (Wildman–Crippen LogP) is 3.16. The summed E-state index contributed by atoms with van der Waals surface area (Å²) >= 11 is 0. The second-order valence-corrected chi connectivity index (χ2v) is 4.82. The van der Waals surface area contributed by atoms with E-state index < -0.39 is 0 Å². The van der Waals surface area contributed by atoms with Crippen LogP contribution in [-0.4, -0.2) is 18.7 Å². The summed E-state index contributed by atoms with van der Waals surface area (Å²) in [6.45, 7) is 5.51. The molecule has 1 fully saturated rings. The van der Waals surface area contributed by atoms with Crippen LogP contribution in [0, 0.1) is 0 Å². The first-order chi connectivity index (χ1) is 8.33. The zero-order chi connectivity index (χ0) is 12.1. The van der Waals surface area contributed by atoms with Crippen molar-refractivity contribution in [3.8, 4) is 5.75 Å². The fourth-order valence-corrected chi connectivity index (χ4v) is 2.27.